The second-order valence-electron chi connectivity index (χ2n) is 6.78. The third kappa shape index (κ3) is 4.82. The molecule has 28 heavy (non-hydrogen) atoms. The monoisotopic (exact) mass is 397 g/mol. The zero-order valence-electron chi connectivity index (χ0n) is 15.5. The zero-order valence-corrected chi connectivity index (χ0v) is 16.3. The van der Waals surface area contributed by atoms with Crippen molar-refractivity contribution < 1.29 is 9.21 Å². The highest BCUT2D eigenvalue weighted by atomic mass is 32.2. The maximum atomic E-state index is 12.1. The Bertz CT molecular complexity index is 881. The van der Waals surface area contributed by atoms with Crippen molar-refractivity contribution in [3.05, 3.63) is 54.3 Å². The molecular weight excluding hydrogens is 374 g/mol. The SMILES string of the molecule is O=C(CSc1n[nH]c(-c2ccco2)n1)NCCN1CCC(c2ccccc2)C1. The largest absolute Gasteiger partial charge is 0.461 e. The van der Waals surface area contributed by atoms with Gasteiger partial charge in [-0.2, -0.15) is 4.98 Å². The molecule has 8 heteroatoms. The first-order chi connectivity index (χ1) is 13.8. The first kappa shape index (κ1) is 18.8. The number of likely N-dealkylation sites (tertiary alicyclic amines) is 1. The predicted molar refractivity (Wildman–Crippen MR) is 108 cm³/mol. The lowest BCUT2D eigenvalue weighted by molar-refractivity contribution is -0.118. The van der Waals surface area contributed by atoms with E-state index >= 15 is 0 Å². The molecule has 1 fully saturated rings. The van der Waals surface area contributed by atoms with E-state index in [1.807, 2.05) is 6.07 Å². The van der Waals surface area contributed by atoms with Crippen molar-refractivity contribution in [2.45, 2.75) is 17.5 Å². The van der Waals surface area contributed by atoms with E-state index in [9.17, 15) is 4.79 Å². The Hall–Kier alpha value is -2.58. The van der Waals surface area contributed by atoms with Gasteiger partial charge < -0.3 is 14.6 Å². The molecule has 0 aliphatic carbocycles. The molecule has 0 bridgehead atoms. The number of amides is 1. The number of furan rings is 1. The second kappa shape index (κ2) is 9.07. The third-order valence-electron chi connectivity index (χ3n) is 4.85. The van der Waals surface area contributed by atoms with Gasteiger partial charge in [0.1, 0.15) is 0 Å². The highest BCUT2D eigenvalue weighted by Crippen LogP contribution is 2.26. The first-order valence-electron chi connectivity index (χ1n) is 9.41. The molecule has 3 aromatic rings. The summed E-state index contributed by atoms with van der Waals surface area (Å²) in [6.07, 6.45) is 2.76. The molecule has 146 valence electrons. The van der Waals surface area contributed by atoms with E-state index in [4.69, 9.17) is 4.42 Å². The molecule has 1 aromatic carbocycles. The Kier molecular flexibility index (Phi) is 6.08. The van der Waals surface area contributed by atoms with E-state index in [-0.39, 0.29) is 5.91 Å². The molecule has 2 aromatic heterocycles. The van der Waals surface area contributed by atoms with Gasteiger partial charge in [-0.15, -0.1) is 5.10 Å². The summed E-state index contributed by atoms with van der Waals surface area (Å²) in [7, 11) is 0. The molecule has 0 radical (unpaired) electrons. The average molecular weight is 398 g/mol. The van der Waals surface area contributed by atoms with Gasteiger partial charge in [-0.05, 0) is 36.6 Å². The van der Waals surface area contributed by atoms with Gasteiger partial charge in [-0.3, -0.25) is 9.89 Å². The van der Waals surface area contributed by atoms with Gasteiger partial charge in [0.15, 0.2) is 11.6 Å². The van der Waals surface area contributed by atoms with Gasteiger partial charge in [0.2, 0.25) is 11.1 Å². The Morgan fingerprint density at radius 3 is 3.00 bits per heavy atom. The van der Waals surface area contributed by atoms with Crippen molar-refractivity contribution in [3.63, 3.8) is 0 Å². The van der Waals surface area contributed by atoms with Crippen LogP contribution in [0.2, 0.25) is 0 Å². The minimum Gasteiger partial charge on any atom is -0.461 e. The molecule has 0 saturated carbocycles. The normalized spacial score (nSPS) is 17.1. The quantitative estimate of drug-likeness (QED) is 0.569. The molecule has 1 unspecified atom stereocenters. The van der Waals surface area contributed by atoms with Crippen LogP contribution in [-0.4, -0.2) is 57.9 Å². The predicted octanol–water partition coefficient (Wildman–Crippen LogP) is 2.76. The maximum Gasteiger partial charge on any atom is 0.230 e. The van der Waals surface area contributed by atoms with Crippen LogP contribution in [-0.2, 0) is 4.79 Å². The highest BCUT2D eigenvalue weighted by Gasteiger charge is 2.23. The highest BCUT2D eigenvalue weighted by molar-refractivity contribution is 7.99. The van der Waals surface area contributed by atoms with Crippen LogP contribution in [0.15, 0.2) is 58.3 Å². The summed E-state index contributed by atoms with van der Waals surface area (Å²) < 4.78 is 5.27. The van der Waals surface area contributed by atoms with Crippen molar-refractivity contribution in [1.29, 1.82) is 0 Å². The summed E-state index contributed by atoms with van der Waals surface area (Å²) in [6.45, 7) is 3.67. The van der Waals surface area contributed by atoms with Gasteiger partial charge in [-0.25, -0.2) is 0 Å². The molecule has 2 N–H and O–H groups in total. The van der Waals surface area contributed by atoms with E-state index < -0.39 is 0 Å². The lowest BCUT2D eigenvalue weighted by atomic mass is 9.99. The molecule has 1 aliphatic rings. The van der Waals surface area contributed by atoms with Crippen LogP contribution < -0.4 is 5.32 Å². The summed E-state index contributed by atoms with van der Waals surface area (Å²) in [6, 6.07) is 14.3. The zero-order chi connectivity index (χ0) is 19.2. The van der Waals surface area contributed by atoms with E-state index in [2.05, 4.69) is 55.7 Å². The molecule has 7 nitrogen and oxygen atoms in total. The van der Waals surface area contributed by atoms with Gasteiger partial charge in [0.05, 0.1) is 12.0 Å². The van der Waals surface area contributed by atoms with Crippen LogP contribution in [0.5, 0.6) is 0 Å². The van der Waals surface area contributed by atoms with Crippen molar-refractivity contribution >= 4 is 17.7 Å². The van der Waals surface area contributed by atoms with Crippen LogP contribution in [0.4, 0.5) is 0 Å². The maximum absolute atomic E-state index is 12.1. The number of carbonyl (C=O) groups excluding carboxylic acids is 1. The molecule has 1 atom stereocenters. The van der Waals surface area contributed by atoms with E-state index in [1.54, 1.807) is 12.3 Å². The van der Waals surface area contributed by atoms with Gasteiger partial charge >= 0.3 is 0 Å². The summed E-state index contributed by atoms with van der Waals surface area (Å²) in [5.74, 6) is 2.08. The minimum absolute atomic E-state index is 0.00634. The van der Waals surface area contributed by atoms with E-state index in [0.29, 0.717) is 35.0 Å². The van der Waals surface area contributed by atoms with Crippen molar-refractivity contribution in [1.82, 2.24) is 25.4 Å². The first-order valence-corrected chi connectivity index (χ1v) is 10.4. The number of rotatable bonds is 8. The fraction of sp³-hybridized carbons (Fsp3) is 0.350. The summed E-state index contributed by atoms with van der Waals surface area (Å²) in [5, 5.41) is 10.4. The van der Waals surface area contributed by atoms with Crippen molar-refractivity contribution in [3.8, 4) is 11.6 Å². The van der Waals surface area contributed by atoms with Crippen LogP contribution in [0, 0.1) is 0 Å². The van der Waals surface area contributed by atoms with Crippen LogP contribution in [0.3, 0.4) is 0 Å². The fourth-order valence-corrected chi connectivity index (χ4v) is 4.03. The minimum atomic E-state index is -0.00634. The fourth-order valence-electron chi connectivity index (χ4n) is 3.40. The van der Waals surface area contributed by atoms with Gasteiger partial charge in [0, 0.05) is 19.6 Å². The molecule has 0 spiro atoms. The standard InChI is InChI=1S/C20H23N5O2S/c26-18(14-28-20-22-19(23-24-20)17-7-4-12-27-17)21-9-11-25-10-8-16(13-25)15-5-2-1-3-6-15/h1-7,12,16H,8-11,13-14H2,(H,21,26)(H,22,23,24). The smallest absolute Gasteiger partial charge is 0.230 e. The molecule has 1 saturated heterocycles. The number of hydrogen-bond donors (Lipinski definition) is 2. The number of nitrogens with one attached hydrogen (secondary N) is 2. The lowest BCUT2D eigenvalue weighted by Crippen LogP contribution is -2.34. The van der Waals surface area contributed by atoms with Crippen LogP contribution in [0.25, 0.3) is 11.6 Å². The summed E-state index contributed by atoms with van der Waals surface area (Å²) in [5.41, 5.74) is 1.41. The van der Waals surface area contributed by atoms with Crippen molar-refractivity contribution in [2.75, 3.05) is 31.9 Å². The second-order valence-corrected chi connectivity index (χ2v) is 7.72. The molecule has 3 heterocycles. The van der Waals surface area contributed by atoms with Crippen LogP contribution in [0.1, 0.15) is 17.9 Å². The molecular formula is C20H23N5O2S. The van der Waals surface area contributed by atoms with Crippen molar-refractivity contribution in [2.24, 2.45) is 0 Å². The topological polar surface area (TPSA) is 87.0 Å². The Balaban J connectivity index is 1.15. The van der Waals surface area contributed by atoms with Crippen LogP contribution >= 0.6 is 11.8 Å². The number of benzene rings is 1. The Morgan fingerprint density at radius 2 is 2.18 bits per heavy atom. The average Bonchev–Trinajstić information content (AvgIpc) is 3.48. The number of hydrogen-bond acceptors (Lipinski definition) is 6. The Morgan fingerprint density at radius 1 is 1.29 bits per heavy atom. The number of thioether (sulfide) groups is 1. The molecule has 4 rings (SSSR count). The number of H-pyrrole nitrogens is 1. The lowest BCUT2D eigenvalue weighted by Gasteiger charge is -2.16. The number of aromatic nitrogens is 3. The summed E-state index contributed by atoms with van der Waals surface area (Å²) >= 11 is 1.31. The third-order valence-corrected chi connectivity index (χ3v) is 5.69. The van der Waals surface area contributed by atoms with E-state index in [0.717, 1.165) is 19.6 Å². The Labute approximate surface area is 167 Å². The number of nitrogens with zero attached hydrogens (tertiary/aromatic N) is 3. The molecule has 1 aliphatic heterocycles. The summed E-state index contributed by atoms with van der Waals surface area (Å²) in [4.78, 5) is 18.8. The van der Waals surface area contributed by atoms with E-state index in [1.165, 1.54) is 23.7 Å². The number of aromatic amines is 1. The van der Waals surface area contributed by atoms with Gasteiger partial charge in [0.25, 0.3) is 0 Å². The van der Waals surface area contributed by atoms with Gasteiger partial charge in [-0.1, -0.05) is 42.1 Å². The number of carbonyl (C=O) groups is 1. The molecule has 1 amide bonds.